The van der Waals surface area contributed by atoms with E-state index in [9.17, 15) is 19.2 Å². The van der Waals surface area contributed by atoms with E-state index in [4.69, 9.17) is 4.74 Å². The summed E-state index contributed by atoms with van der Waals surface area (Å²) in [6.07, 6.45) is 3.19. The van der Waals surface area contributed by atoms with Crippen molar-refractivity contribution in [3.63, 3.8) is 0 Å². The fourth-order valence-electron chi connectivity index (χ4n) is 2.66. The molecule has 9 nitrogen and oxygen atoms in total. The van der Waals surface area contributed by atoms with Gasteiger partial charge in [-0.2, -0.15) is 0 Å². The number of hydrogen-bond acceptors (Lipinski definition) is 7. The average molecular weight is 455 g/mol. The van der Waals surface area contributed by atoms with Gasteiger partial charge < -0.3 is 15.0 Å². The lowest BCUT2D eigenvalue weighted by Crippen LogP contribution is -2.22. The zero-order chi connectivity index (χ0) is 22.9. The normalized spacial score (nSPS) is 10.4. The SMILES string of the molecule is CCCCOC(=O)c1ccc(NC(=O)Cc2csc(NC(=O)c3ccc[nH]c3=O)n2)cc1. The van der Waals surface area contributed by atoms with Crippen LogP contribution in [0.15, 0.2) is 52.8 Å². The van der Waals surface area contributed by atoms with Crippen molar-refractivity contribution in [1.82, 2.24) is 9.97 Å². The Hall–Kier alpha value is -3.79. The van der Waals surface area contributed by atoms with E-state index in [1.807, 2.05) is 6.92 Å². The first-order chi connectivity index (χ1) is 15.5. The minimum Gasteiger partial charge on any atom is -0.462 e. The monoisotopic (exact) mass is 454 g/mol. The zero-order valence-electron chi connectivity index (χ0n) is 17.3. The summed E-state index contributed by atoms with van der Waals surface area (Å²) in [5, 5.41) is 7.22. The van der Waals surface area contributed by atoms with E-state index in [2.05, 4.69) is 20.6 Å². The molecule has 0 unspecified atom stereocenters. The summed E-state index contributed by atoms with van der Waals surface area (Å²) in [6.45, 7) is 2.40. The number of benzene rings is 1. The van der Waals surface area contributed by atoms with Crippen molar-refractivity contribution < 1.29 is 19.1 Å². The summed E-state index contributed by atoms with van der Waals surface area (Å²) < 4.78 is 5.15. The van der Waals surface area contributed by atoms with Crippen LogP contribution in [0.2, 0.25) is 0 Å². The molecule has 2 amide bonds. The number of carbonyl (C=O) groups is 3. The lowest BCUT2D eigenvalue weighted by Gasteiger charge is -2.06. The predicted octanol–water partition coefficient (Wildman–Crippen LogP) is 3.22. The number of anilines is 2. The summed E-state index contributed by atoms with van der Waals surface area (Å²) in [4.78, 5) is 54.7. The summed E-state index contributed by atoms with van der Waals surface area (Å²) in [5.74, 6) is -1.28. The third-order valence-electron chi connectivity index (χ3n) is 4.31. The van der Waals surface area contributed by atoms with Crippen LogP contribution in [0.3, 0.4) is 0 Å². The van der Waals surface area contributed by atoms with Crippen molar-refractivity contribution in [3.05, 3.63) is 75.1 Å². The molecule has 3 aromatic rings. The van der Waals surface area contributed by atoms with Gasteiger partial charge in [-0.1, -0.05) is 13.3 Å². The molecule has 0 aliphatic heterocycles. The van der Waals surface area contributed by atoms with Gasteiger partial charge in [0, 0.05) is 17.3 Å². The van der Waals surface area contributed by atoms with Crippen LogP contribution in [-0.2, 0) is 16.0 Å². The smallest absolute Gasteiger partial charge is 0.338 e. The quantitative estimate of drug-likeness (QED) is 0.336. The first kappa shape index (κ1) is 22.9. The van der Waals surface area contributed by atoms with Gasteiger partial charge in [-0.15, -0.1) is 11.3 Å². The van der Waals surface area contributed by atoms with Crippen molar-refractivity contribution in [3.8, 4) is 0 Å². The van der Waals surface area contributed by atoms with Gasteiger partial charge in [0.15, 0.2) is 5.13 Å². The van der Waals surface area contributed by atoms with Crippen molar-refractivity contribution in [1.29, 1.82) is 0 Å². The third kappa shape index (κ3) is 6.35. The maximum absolute atomic E-state index is 12.3. The first-order valence-corrected chi connectivity index (χ1v) is 10.8. The highest BCUT2D eigenvalue weighted by Gasteiger charge is 2.14. The number of hydrogen-bond donors (Lipinski definition) is 3. The van der Waals surface area contributed by atoms with E-state index < -0.39 is 17.4 Å². The zero-order valence-corrected chi connectivity index (χ0v) is 18.2. The lowest BCUT2D eigenvalue weighted by molar-refractivity contribution is -0.115. The number of carbonyl (C=O) groups excluding carboxylic acids is 3. The fraction of sp³-hybridized carbons (Fsp3) is 0.227. The van der Waals surface area contributed by atoms with E-state index in [0.29, 0.717) is 23.6 Å². The number of amides is 2. The Balaban J connectivity index is 1.52. The second-order valence-corrected chi connectivity index (χ2v) is 7.66. The maximum Gasteiger partial charge on any atom is 0.338 e. The Kier molecular flexibility index (Phi) is 7.87. The number of esters is 1. The molecule has 3 N–H and O–H groups in total. The molecule has 3 rings (SSSR count). The number of nitrogens with one attached hydrogen (secondary N) is 3. The molecule has 1 aromatic carbocycles. The second kappa shape index (κ2) is 11.0. The van der Waals surface area contributed by atoms with Crippen LogP contribution in [0.25, 0.3) is 0 Å². The first-order valence-electron chi connectivity index (χ1n) is 9.96. The standard InChI is InChI=1S/C22H22N4O5S/c1-2-3-11-31-21(30)14-6-8-15(9-7-14)24-18(27)12-16-13-32-22(25-16)26-20(29)17-5-4-10-23-19(17)28/h4-10,13H,2-3,11-12H2,1H3,(H,23,28)(H,24,27)(H,25,26,29). The number of ether oxygens (including phenoxy) is 1. The molecule has 0 atom stereocenters. The molecule has 0 radical (unpaired) electrons. The van der Waals surface area contributed by atoms with Gasteiger partial charge in [0.25, 0.3) is 11.5 Å². The maximum atomic E-state index is 12.3. The summed E-state index contributed by atoms with van der Waals surface area (Å²) in [7, 11) is 0. The number of aromatic nitrogens is 2. The molecular weight excluding hydrogens is 432 g/mol. The summed E-state index contributed by atoms with van der Waals surface area (Å²) >= 11 is 1.15. The van der Waals surface area contributed by atoms with Crippen LogP contribution in [0.5, 0.6) is 0 Å². The third-order valence-corrected chi connectivity index (χ3v) is 5.12. The number of H-pyrrole nitrogens is 1. The molecule has 2 heterocycles. The van der Waals surface area contributed by atoms with Crippen LogP contribution in [0.1, 0.15) is 46.2 Å². The van der Waals surface area contributed by atoms with Gasteiger partial charge in [-0.25, -0.2) is 9.78 Å². The van der Waals surface area contributed by atoms with Gasteiger partial charge in [0.05, 0.1) is 24.3 Å². The summed E-state index contributed by atoms with van der Waals surface area (Å²) in [5.41, 5.74) is 0.894. The number of thiazole rings is 1. The van der Waals surface area contributed by atoms with Gasteiger partial charge >= 0.3 is 5.97 Å². The largest absolute Gasteiger partial charge is 0.462 e. The van der Waals surface area contributed by atoms with Crippen molar-refractivity contribution in [2.75, 3.05) is 17.2 Å². The molecule has 10 heteroatoms. The molecule has 0 spiro atoms. The Labute approximate surface area is 187 Å². The molecule has 32 heavy (non-hydrogen) atoms. The Morgan fingerprint density at radius 2 is 1.91 bits per heavy atom. The molecule has 0 fully saturated rings. The number of pyridine rings is 1. The number of unbranched alkanes of at least 4 members (excludes halogenated alkanes) is 1. The van der Waals surface area contributed by atoms with Crippen molar-refractivity contribution >= 4 is 39.9 Å². The van der Waals surface area contributed by atoms with E-state index in [1.54, 1.807) is 35.7 Å². The molecule has 0 aliphatic carbocycles. The van der Waals surface area contributed by atoms with E-state index in [1.165, 1.54) is 12.3 Å². The Morgan fingerprint density at radius 3 is 2.62 bits per heavy atom. The molecule has 0 saturated heterocycles. The van der Waals surface area contributed by atoms with Crippen LogP contribution >= 0.6 is 11.3 Å². The molecular formula is C22H22N4O5S. The van der Waals surface area contributed by atoms with Crippen LogP contribution < -0.4 is 16.2 Å². The van der Waals surface area contributed by atoms with Crippen LogP contribution in [0, 0.1) is 0 Å². The van der Waals surface area contributed by atoms with Gasteiger partial charge in [-0.3, -0.25) is 19.7 Å². The van der Waals surface area contributed by atoms with E-state index in [0.717, 1.165) is 24.2 Å². The predicted molar refractivity (Wildman–Crippen MR) is 121 cm³/mol. The minimum absolute atomic E-state index is 0.000891. The van der Waals surface area contributed by atoms with Crippen LogP contribution in [0.4, 0.5) is 10.8 Å². The van der Waals surface area contributed by atoms with Gasteiger partial charge in [0.1, 0.15) is 5.56 Å². The molecule has 0 bridgehead atoms. The van der Waals surface area contributed by atoms with E-state index >= 15 is 0 Å². The minimum atomic E-state index is -0.578. The van der Waals surface area contributed by atoms with Gasteiger partial charge in [0.2, 0.25) is 5.91 Å². The lowest BCUT2D eigenvalue weighted by atomic mass is 10.2. The molecule has 0 aliphatic rings. The number of rotatable bonds is 9. The second-order valence-electron chi connectivity index (χ2n) is 6.80. The van der Waals surface area contributed by atoms with Gasteiger partial charge in [-0.05, 0) is 42.8 Å². The molecule has 166 valence electrons. The highest BCUT2D eigenvalue weighted by atomic mass is 32.1. The van der Waals surface area contributed by atoms with Crippen LogP contribution in [-0.4, -0.2) is 34.4 Å². The highest BCUT2D eigenvalue weighted by Crippen LogP contribution is 2.17. The number of aromatic amines is 1. The summed E-state index contributed by atoms with van der Waals surface area (Å²) in [6, 6.07) is 9.39. The molecule has 2 aromatic heterocycles. The topological polar surface area (TPSA) is 130 Å². The van der Waals surface area contributed by atoms with Crippen molar-refractivity contribution in [2.45, 2.75) is 26.2 Å². The Morgan fingerprint density at radius 1 is 1.12 bits per heavy atom. The fourth-order valence-corrected chi connectivity index (χ4v) is 3.37. The van der Waals surface area contributed by atoms with Crippen molar-refractivity contribution in [2.24, 2.45) is 0 Å². The number of nitrogens with zero attached hydrogens (tertiary/aromatic N) is 1. The highest BCUT2D eigenvalue weighted by molar-refractivity contribution is 7.14. The van der Waals surface area contributed by atoms with E-state index in [-0.39, 0.29) is 23.0 Å². The Bertz CT molecular complexity index is 1150. The average Bonchev–Trinajstić information content (AvgIpc) is 3.21. The molecule has 0 saturated carbocycles.